The summed E-state index contributed by atoms with van der Waals surface area (Å²) in [5, 5.41) is 3.39. The number of fused-ring (bicyclic) bond motifs is 6. The van der Waals surface area contributed by atoms with E-state index in [1.807, 2.05) is 98.8 Å². The lowest BCUT2D eigenvalue weighted by atomic mass is 9.81. The zero-order valence-corrected chi connectivity index (χ0v) is 24.2. The topological polar surface area (TPSA) is 17.8 Å². The van der Waals surface area contributed by atoms with Crippen LogP contribution in [0.4, 0.5) is 0 Å². The average molecular weight is 570 g/mol. The van der Waals surface area contributed by atoms with Crippen LogP contribution in [0.1, 0.15) is 34.6 Å². The number of hydrogen-bond donors (Lipinski definition) is 0. The van der Waals surface area contributed by atoms with Crippen molar-refractivity contribution in [3.8, 4) is 39.3 Å². The fourth-order valence-electron chi connectivity index (χ4n) is 6.93. The first-order valence-corrected chi connectivity index (χ1v) is 14.8. The summed E-state index contributed by atoms with van der Waals surface area (Å²) in [4.78, 5) is 5.12. The molecule has 0 radical (unpaired) electrons. The van der Waals surface area contributed by atoms with E-state index >= 15 is 0 Å². The molecule has 8 aromatic rings. The molecule has 0 N–H and O–H groups in total. The molecule has 1 heterocycles. The SMILES string of the molecule is [2H]c1c([2H])c([2H])c2c(c1[2H])-c1c([2H])c([2H])c(-c3c4ccccc4c(-n4c(-c5ccccc5)nc5ccccc54)c4ccccc34)c([2H])c1C2(C)C. The quantitative estimate of drug-likeness (QED) is 0.194. The summed E-state index contributed by atoms with van der Waals surface area (Å²) < 4.78 is 65.4. The van der Waals surface area contributed by atoms with Gasteiger partial charge < -0.3 is 0 Å². The van der Waals surface area contributed by atoms with Gasteiger partial charge in [-0.2, -0.15) is 0 Å². The van der Waals surface area contributed by atoms with E-state index in [1.165, 1.54) is 0 Å². The van der Waals surface area contributed by atoms with Gasteiger partial charge in [0.15, 0.2) is 0 Å². The highest BCUT2D eigenvalue weighted by atomic mass is 15.1. The maximum absolute atomic E-state index is 9.85. The van der Waals surface area contributed by atoms with Crippen LogP contribution in [-0.2, 0) is 5.41 Å². The van der Waals surface area contributed by atoms with Crippen LogP contribution in [0.3, 0.4) is 0 Å². The first kappa shape index (κ1) is 18.9. The minimum Gasteiger partial charge on any atom is -0.291 e. The highest BCUT2D eigenvalue weighted by Crippen LogP contribution is 2.51. The van der Waals surface area contributed by atoms with Crippen LogP contribution in [-0.4, -0.2) is 9.55 Å². The van der Waals surface area contributed by atoms with Crippen molar-refractivity contribution in [2.24, 2.45) is 0 Å². The van der Waals surface area contributed by atoms with Crippen LogP contribution >= 0.6 is 0 Å². The number of nitrogens with zero attached hydrogens (tertiary/aromatic N) is 2. The van der Waals surface area contributed by atoms with Gasteiger partial charge in [0, 0.05) is 21.8 Å². The van der Waals surface area contributed by atoms with Crippen molar-refractivity contribution in [2.75, 3.05) is 0 Å². The maximum Gasteiger partial charge on any atom is 0.145 e. The first-order chi connectivity index (χ1) is 24.5. The lowest BCUT2D eigenvalue weighted by Crippen LogP contribution is -2.14. The Bertz CT molecular complexity index is 2750. The molecule has 9 rings (SSSR count). The highest BCUT2D eigenvalue weighted by molar-refractivity contribution is 6.19. The van der Waals surface area contributed by atoms with Gasteiger partial charge >= 0.3 is 0 Å². The molecule has 0 atom stereocenters. The molecule has 2 nitrogen and oxygen atoms in total. The lowest BCUT2D eigenvalue weighted by Gasteiger charge is -2.23. The number of para-hydroxylation sites is 2. The van der Waals surface area contributed by atoms with Gasteiger partial charge in [-0.05, 0) is 62.3 Å². The minimum absolute atomic E-state index is 0.0465. The molecule has 1 aliphatic rings. The van der Waals surface area contributed by atoms with Gasteiger partial charge in [-0.1, -0.05) is 141 Å². The smallest absolute Gasteiger partial charge is 0.145 e. The van der Waals surface area contributed by atoms with Crippen molar-refractivity contribution in [3.05, 3.63) is 157 Å². The standard InChI is InChI=1S/C42H30N2/c1-42(2)35-21-11-10-16-29(35)30-25-24-28(26-36(30)42)39-31-17-6-8-19-33(31)40(34-20-9-7-18-32(34)39)44-38-23-13-12-22-37(38)43-41(44)27-14-4-3-5-15-27/h3-26H,1-2H3/i10D,11D,16D,21D,24D,25D,26D. The Morgan fingerprint density at radius 2 is 1.20 bits per heavy atom. The Hall–Kier alpha value is -5.47. The molecule has 0 fully saturated rings. The second-order valence-corrected chi connectivity index (χ2v) is 11.8. The number of benzene rings is 7. The third kappa shape index (κ3) is 3.46. The van der Waals surface area contributed by atoms with Crippen molar-refractivity contribution in [2.45, 2.75) is 19.3 Å². The summed E-state index contributed by atoms with van der Waals surface area (Å²) in [6.07, 6.45) is 0. The van der Waals surface area contributed by atoms with Crippen molar-refractivity contribution in [1.29, 1.82) is 0 Å². The van der Waals surface area contributed by atoms with E-state index in [-0.39, 0.29) is 47.4 Å². The largest absolute Gasteiger partial charge is 0.291 e. The summed E-state index contributed by atoms with van der Waals surface area (Å²) in [6.45, 7) is 3.69. The zero-order valence-electron chi connectivity index (χ0n) is 31.2. The summed E-state index contributed by atoms with van der Waals surface area (Å²) in [6, 6.07) is 32.7. The molecular formula is C42H30N2. The van der Waals surface area contributed by atoms with Gasteiger partial charge in [0.05, 0.1) is 26.3 Å². The molecule has 0 saturated heterocycles. The Morgan fingerprint density at radius 1 is 0.591 bits per heavy atom. The number of rotatable bonds is 3. The molecule has 1 aromatic heterocycles. The zero-order chi connectivity index (χ0) is 35.5. The average Bonchev–Trinajstić information content (AvgIpc) is 3.64. The normalized spacial score (nSPS) is 15.6. The van der Waals surface area contributed by atoms with Crippen molar-refractivity contribution in [1.82, 2.24) is 9.55 Å². The number of hydrogen-bond acceptors (Lipinski definition) is 1. The first-order valence-electron chi connectivity index (χ1n) is 18.3. The summed E-state index contributed by atoms with van der Waals surface area (Å²) in [5.74, 6) is 0.785. The summed E-state index contributed by atoms with van der Waals surface area (Å²) in [7, 11) is 0. The molecule has 0 spiro atoms. The van der Waals surface area contributed by atoms with E-state index in [0.29, 0.717) is 22.3 Å². The van der Waals surface area contributed by atoms with E-state index in [2.05, 4.69) is 22.8 Å². The van der Waals surface area contributed by atoms with Crippen LogP contribution in [0.15, 0.2) is 145 Å². The number of aromatic nitrogens is 2. The molecule has 0 aliphatic heterocycles. The Balaban J connectivity index is 1.44. The van der Waals surface area contributed by atoms with Gasteiger partial charge in [-0.3, -0.25) is 4.57 Å². The second kappa shape index (κ2) is 9.26. The Morgan fingerprint density at radius 3 is 1.95 bits per heavy atom. The third-order valence-corrected chi connectivity index (χ3v) is 8.97. The van der Waals surface area contributed by atoms with E-state index in [1.54, 1.807) is 0 Å². The van der Waals surface area contributed by atoms with E-state index < -0.39 is 11.5 Å². The van der Waals surface area contributed by atoms with Gasteiger partial charge in [0.25, 0.3) is 0 Å². The summed E-state index contributed by atoms with van der Waals surface area (Å²) >= 11 is 0. The predicted molar refractivity (Wildman–Crippen MR) is 185 cm³/mol. The fourth-order valence-corrected chi connectivity index (χ4v) is 6.93. The molecule has 0 bridgehead atoms. The minimum atomic E-state index is -1.03. The third-order valence-electron chi connectivity index (χ3n) is 8.97. The van der Waals surface area contributed by atoms with Crippen molar-refractivity contribution < 1.29 is 9.60 Å². The maximum atomic E-state index is 9.85. The molecule has 208 valence electrons. The van der Waals surface area contributed by atoms with Gasteiger partial charge in [0.1, 0.15) is 5.82 Å². The molecule has 0 saturated carbocycles. The molecule has 0 unspecified atom stereocenters. The fraction of sp³-hybridized carbons (Fsp3) is 0.0714. The van der Waals surface area contributed by atoms with E-state index in [0.717, 1.165) is 49.7 Å². The van der Waals surface area contributed by atoms with Gasteiger partial charge in [-0.15, -0.1) is 0 Å². The number of imidazole rings is 1. The molecule has 7 aromatic carbocycles. The predicted octanol–water partition coefficient (Wildman–Crippen LogP) is 11.0. The van der Waals surface area contributed by atoms with Crippen LogP contribution in [0.25, 0.3) is 71.9 Å². The highest BCUT2D eigenvalue weighted by Gasteiger charge is 2.35. The molecular weight excluding hydrogens is 532 g/mol. The molecule has 2 heteroatoms. The molecule has 44 heavy (non-hydrogen) atoms. The van der Waals surface area contributed by atoms with E-state index in [9.17, 15) is 4.11 Å². The van der Waals surface area contributed by atoms with Crippen LogP contribution < -0.4 is 0 Å². The van der Waals surface area contributed by atoms with Crippen molar-refractivity contribution in [3.63, 3.8) is 0 Å². The van der Waals surface area contributed by atoms with Crippen LogP contribution in [0, 0.1) is 0 Å². The molecule has 1 aliphatic carbocycles. The Kier molecular flexibility index (Phi) is 3.99. The lowest BCUT2D eigenvalue weighted by molar-refractivity contribution is 0.660. The summed E-state index contributed by atoms with van der Waals surface area (Å²) in [5.41, 5.74) is 4.84. The second-order valence-electron chi connectivity index (χ2n) is 11.8. The monoisotopic (exact) mass is 569 g/mol. The Labute approximate surface area is 266 Å². The van der Waals surface area contributed by atoms with Gasteiger partial charge in [-0.25, -0.2) is 4.98 Å². The van der Waals surface area contributed by atoms with Crippen LogP contribution in [0.2, 0.25) is 0 Å². The van der Waals surface area contributed by atoms with Gasteiger partial charge in [0.2, 0.25) is 0 Å². The molecule has 0 amide bonds. The van der Waals surface area contributed by atoms with Crippen LogP contribution in [0.5, 0.6) is 0 Å². The van der Waals surface area contributed by atoms with E-state index in [4.69, 9.17) is 10.5 Å². The van der Waals surface area contributed by atoms with Crippen molar-refractivity contribution >= 4 is 32.6 Å².